The third kappa shape index (κ3) is 6.94. The van der Waals surface area contributed by atoms with Crippen molar-refractivity contribution in [1.82, 2.24) is 15.5 Å². The van der Waals surface area contributed by atoms with Crippen molar-refractivity contribution in [2.24, 2.45) is 0 Å². The molecule has 1 heterocycles. The van der Waals surface area contributed by atoms with Gasteiger partial charge in [-0.05, 0) is 26.0 Å². The maximum atomic E-state index is 12.0. The first kappa shape index (κ1) is 18.3. The summed E-state index contributed by atoms with van der Waals surface area (Å²) in [5.74, 6) is 2.37. The molecule has 2 rings (SSSR count). The average molecular weight is 336 g/mol. The number of carbonyl (C=O) groups excluding carboxylic acids is 1. The number of thioether (sulfide) groups is 1. The first-order valence-corrected chi connectivity index (χ1v) is 9.62. The van der Waals surface area contributed by atoms with Gasteiger partial charge in [0.25, 0.3) is 0 Å². The zero-order valence-electron chi connectivity index (χ0n) is 14.3. The second-order valence-corrected chi connectivity index (χ2v) is 7.47. The number of amides is 1. The van der Waals surface area contributed by atoms with E-state index < -0.39 is 0 Å². The van der Waals surface area contributed by atoms with E-state index in [1.54, 1.807) is 0 Å². The van der Waals surface area contributed by atoms with Crippen LogP contribution in [0.5, 0.6) is 0 Å². The molecule has 1 aliphatic rings. The third-order valence-corrected chi connectivity index (χ3v) is 5.47. The van der Waals surface area contributed by atoms with Crippen molar-refractivity contribution >= 4 is 17.7 Å². The lowest BCUT2D eigenvalue weighted by atomic mass is 10.1. The predicted molar refractivity (Wildman–Crippen MR) is 98.7 cm³/mol. The molecule has 0 aliphatic carbocycles. The molecule has 5 heteroatoms. The Kier molecular flexibility index (Phi) is 7.92. The van der Waals surface area contributed by atoms with Crippen molar-refractivity contribution in [3.05, 3.63) is 35.9 Å². The lowest BCUT2D eigenvalue weighted by Gasteiger charge is -2.25. The van der Waals surface area contributed by atoms with Gasteiger partial charge in [0.15, 0.2) is 0 Å². The average Bonchev–Trinajstić information content (AvgIpc) is 2.56. The highest BCUT2D eigenvalue weighted by Gasteiger charge is 2.16. The van der Waals surface area contributed by atoms with Crippen molar-refractivity contribution in [2.45, 2.75) is 38.4 Å². The van der Waals surface area contributed by atoms with Gasteiger partial charge in [-0.2, -0.15) is 11.8 Å². The van der Waals surface area contributed by atoms with Crippen molar-refractivity contribution in [2.75, 3.05) is 31.6 Å². The summed E-state index contributed by atoms with van der Waals surface area (Å²) in [7, 11) is 2.14. The Morgan fingerprint density at radius 2 is 2.22 bits per heavy atom. The zero-order valence-corrected chi connectivity index (χ0v) is 15.1. The van der Waals surface area contributed by atoms with Crippen LogP contribution in [-0.4, -0.2) is 54.5 Å². The predicted octanol–water partition coefficient (Wildman–Crippen LogP) is 2.11. The summed E-state index contributed by atoms with van der Waals surface area (Å²) < 4.78 is 0. The normalized spacial score (nSPS) is 19.5. The van der Waals surface area contributed by atoms with Crippen LogP contribution in [0.1, 0.15) is 25.3 Å². The van der Waals surface area contributed by atoms with Crippen molar-refractivity contribution in [3.8, 4) is 0 Å². The third-order valence-electron chi connectivity index (χ3n) is 4.34. The molecule has 128 valence electrons. The molecule has 1 aromatic rings. The molecule has 1 aliphatic heterocycles. The van der Waals surface area contributed by atoms with Crippen LogP contribution in [-0.2, 0) is 11.3 Å². The molecule has 23 heavy (non-hydrogen) atoms. The Morgan fingerprint density at radius 1 is 1.43 bits per heavy atom. The van der Waals surface area contributed by atoms with Crippen LogP contribution in [0, 0.1) is 0 Å². The summed E-state index contributed by atoms with van der Waals surface area (Å²) in [4.78, 5) is 14.3. The second kappa shape index (κ2) is 9.96. The summed E-state index contributed by atoms with van der Waals surface area (Å²) in [6, 6.07) is 11.3. The minimum absolute atomic E-state index is 0.169. The van der Waals surface area contributed by atoms with Crippen LogP contribution in [0.3, 0.4) is 0 Å². The Hall–Kier alpha value is -1.04. The van der Waals surface area contributed by atoms with E-state index in [0.717, 1.165) is 37.6 Å². The van der Waals surface area contributed by atoms with Gasteiger partial charge in [0.2, 0.25) is 5.91 Å². The Balaban J connectivity index is 1.61. The molecular formula is C18H29N3OS. The summed E-state index contributed by atoms with van der Waals surface area (Å²) >= 11 is 1.93. The maximum Gasteiger partial charge on any atom is 0.221 e. The fraction of sp³-hybridized carbons (Fsp3) is 0.611. The second-order valence-electron chi connectivity index (χ2n) is 6.32. The zero-order chi connectivity index (χ0) is 16.5. The largest absolute Gasteiger partial charge is 0.356 e. The number of benzene rings is 1. The Morgan fingerprint density at radius 3 is 2.91 bits per heavy atom. The van der Waals surface area contributed by atoms with Gasteiger partial charge >= 0.3 is 0 Å². The SMILES string of the molecule is CC(CCNC(=O)CC1CSCCN1)N(C)Cc1ccccc1. The van der Waals surface area contributed by atoms with Gasteiger partial charge in [-0.1, -0.05) is 30.3 Å². The Labute approximate surface area is 144 Å². The fourth-order valence-corrected chi connectivity index (χ4v) is 3.66. The number of carbonyl (C=O) groups is 1. The van der Waals surface area contributed by atoms with E-state index in [2.05, 4.69) is 53.8 Å². The van der Waals surface area contributed by atoms with Gasteiger partial charge in [-0.15, -0.1) is 0 Å². The number of rotatable bonds is 8. The minimum atomic E-state index is 0.169. The van der Waals surface area contributed by atoms with E-state index in [9.17, 15) is 4.79 Å². The van der Waals surface area contributed by atoms with Gasteiger partial charge in [-0.3, -0.25) is 9.69 Å². The van der Waals surface area contributed by atoms with Crippen LogP contribution < -0.4 is 10.6 Å². The number of hydrogen-bond donors (Lipinski definition) is 2. The summed E-state index contributed by atoms with van der Waals surface area (Å²) in [5, 5.41) is 6.47. The van der Waals surface area contributed by atoms with Crippen molar-refractivity contribution < 1.29 is 4.79 Å². The van der Waals surface area contributed by atoms with Crippen LogP contribution in [0.2, 0.25) is 0 Å². The van der Waals surface area contributed by atoms with Gasteiger partial charge in [-0.25, -0.2) is 0 Å². The highest BCUT2D eigenvalue weighted by Crippen LogP contribution is 2.10. The molecule has 0 spiro atoms. The topological polar surface area (TPSA) is 44.4 Å². The molecule has 4 nitrogen and oxygen atoms in total. The molecule has 1 fully saturated rings. The monoisotopic (exact) mass is 335 g/mol. The summed E-state index contributed by atoms with van der Waals surface area (Å²) in [6.45, 7) is 4.93. The highest BCUT2D eigenvalue weighted by atomic mass is 32.2. The molecule has 1 aromatic carbocycles. The molecule has 2 atom stereocenters. The molecule has 2 unspecified atom stereocenters. The highest BCUT2D eigenvalue weighted by molar-refractivity contribution is 7.99. The molecule has 1 amide bonds. The quantitative estimate of drug-likeness (QED) is 0.764. The summed E-state index contributed by atoms with van der Waals surface area (Å²) in [5.41, 5.74) is 1.33. The molecular weight excluding hydrogens is 306 g/mol. The molecule has 0 saturated carbocycles. The minimum Gasteiger partial charge on any atom is -0.356 e. The van der Waals surface area contributed by atoms with E-state index in [0.29, 0.717) is 18.5 Å². The smallest absolute Gasteiger partial charge is 0.221 e. The maximum absolute atomic E-state index is 12.0. The molecule has 0 radical (unpaired) electrons. The molecule has 0 aromatic heterocycles. The van der Waals surface area contributed by atoms with Gasteiger partial charge in [0.05, 0.1) is 0 Å². The first-order valence-electron chi connectivity index (χ1n) is 8.47. The molecule has 0 bridgehead atoms. The number of hydrogen-bond acceptors (Lipinski definition) is 4. The lowest BCUT2D eigenvalue weighted by molar-refractivity contribution is -0.121. The van der Waals surface area contributed by atoms with E-state index in [1.807, 2.05) is 17.8 Å². The van der Waals surface area contributed by atoms with Gasteiger partial charge < -0.3 is 10.6 Å². The fourth-order valence-electron chi connectivity index (χ4n) is 2.71. The van der Waals surface area contributed by atoms with Crippen molar-refractivity contribution in [1.29, 1.82) is 0 Å². The lowest BCUT2D eigenvalue weighted by Crippen LogP contribution is -2.42. The molecule has 2 N–H and O–H groups in total. The van der Waals surface area contributed by atoms with E-state index >= 15 is 0 Å². The number of nitrogens with one attached hydrogen (secondary N) is 2. The number of nitrogens with zero attached hydrogens (tertiary/aromatic N) is 1. The van der Waals surface area contributed by atoms with Crippen LogP contribution >= 0.6 is 11.8 Å². The van der Waals surface area contributed by atoms with Crippen LogP contribution in [0.15, 0.2) is 30.3 Å². The van der Waals surface area contributed by atoms with Gasteiger partial charge in [0.1, 0.15) is 0 Å². The van der Waals surface area contributed by atoms with E-state index in [4.69, 9.17) is 0 Å². The van der Waals surface area contributed by atoms with Crippen molar-refractivity contribution in [3.63, 3.8) is 0 Å². The Bertz CT molecular complexity index is 463. The van der Waals surface area contributed by atoms with E-state index in [1.165, 1.54) is 5.56 Å². The standard InChI is InChI=1S/C18H29N3OS/c1-15(21(2)13-16-6-4-3-5-7-16)8-9-20-18(22)12-17-14-23-11-10-19-17/h3-7,15,17,19H,8-14H2,1-2H3,(H,20,22). The van der Waals surface area contributed by atoms with Gasteiger partial charge in [0, 0.05) is 49.6 Å². The first-order chi connectivity index (χ1) is 11.1. The summed E-state index contributed by atoms with van der Waals surface area (Å²) in [6.07, 6.45) is 1.57. The van der Waals surface area contributed by atoms with Crippen LogP contribution in [0.25, 0.3) is 0 Å². The van der Waals surface area contributed by atoms with Crippen LogP contribution in [0.4, 0.5) is 0 Å². The molecule has 1 saturated heterocycles. The van der Waals surface area contributed by atoms with E-state index in [-0.39, 0.29) is 5.91 Å².